The Labute approximate surface area is 176 Å². The molecule has 0 bridgehead atoms. The van der Waals surface area contributed by atoms with Crippen LogP contribution in [0.15, 0.2) is 51.8 Å². The Bertz CT molecular complexity index is 1170. The highest BCUT2D eigenvalue weighted by Gasteiger charge is 2.22. The number of hydrogen-bond donors (Lipinski definition) is 4. The van der Waals surface area contributed by atoms with Gasteiger partial charge in [-0.3, -0.25) is 9.35 Å². The van der Waals surface area contributed by atoms with Crippen LogP contribution in [0.5, 0.6) is 5.75 Å². The van der Waals surface area contributed by atoms with Crippen molar-refractivity contribution in [2.45, 2.75) is 23.8 Å². The lowest BCUT2D eigenvalue weighted by Crippen LogP contribution is -2.17. The van der Waals surface area contributed by atoms with E-state index in [1.165, 1.54) is 0 Å². The van der Waals surface area contributed by atoms with Crippen LogP contribution in [-0.2, 0) is 14.9 Å². The van der Waals surface area contributed by atoms with Gasteiger partial charge in [0.15, 0.2) is 5.75 Å². The van der Waals surface area contributed by atoms with Crippen LogP contribution >= 0.6 is 11.6 Å². The first-order chi connectivity index (χ1) is 14.1. The van der Waals surface area contributed by atoms with Gasteiger partial charge in [0.2, 0.25) is 17.7 Å². The maximum absolute atomic E-state index is 12.2. The molecule has 1 heterocycles. The molecular formula is C18H17ClN4O6S. The Hall–Kier alpha value is -2.99. The Morgan fingerprint density at radius 1 is 1.23 bits per heavy atom. The minimum atomic E-state index is -4.73. The number of halogens is 1. The summed E-state index contributed by atoms with van der Waals surface area (Å²) in [6, 6.07) is 10.4. The van der Waals surface area contributed by atoms with E-state index >= 15 is 0 Å². The lowest BCUT2D eigenvalue weighted by molar-refractivity contribution is -0.116. The lowest BCUT2D eigenvalue weighted by atomic mass is 10.1. The Kier molecular flexibility index (Phi) is 6.37. The molecule has 3 aromatic rings. The van der Waals surface area contributed by atoms with Gasteiger partial charge in [-0.25, -0.2) is 0 Å². The van der Waals surface area contributed by atoms with Gasteiger partial charge >= 0.3 is 0 Å². The molecule has 1 aromatic heterocycles. The molecule has 10 nitrogen and oxygen atoms in total. The van der Waals surface area contributed by atoms with Gasteiger partial charge in [-0.2, -0.15) is 8.42 Å². The zero-order valence-electron chi connectivity index (χ0n) is 15.3. The summed E-state index contributed by atoms with van der Waals surface area (Å²) in [6.45, 7) is 0. The van der Waals surface area contributed by atoms with Crippen molar-refractivity contribution in [3.63, 3.8) is 0 Å². The molecule has 2 aromatic carbocycles. The number of phenolic OH excluding ortho intramolecular Hbond substituents is 1. The van der Waals surface area contributed by atoms with Gasteiger partial charge in [0.05, 0.1) is 11.7 Å². The zero-order valence-corrected chi connectivity index (χ0v) is 16.9. The van der Waals surface area contributed by atoms with Gasteiger partial charge in [-0.1, -0.05) is 29.8 Å². The van der Waals surface area contributed by atoms with E-state index in [9.17, 15) is 18.3 Å². The third-order valence-electron chi connectivity index (χ3n) is 4.05. The number of benzene rings is 2. The molecular weight excluding hydrogens is 436 g/mol. The van der Waals surface area contributed by atoms with Crippen molar-refractivity contribution >= 4 is 33.3 Å². The minimum absolute atomic E-state index is 0.0998. The van der Waals surface area contributed by atoms with Crippen LogP contribution in [0.4, 0.5) is 5.69 Å². The highest BCUT2D eigenvalue weighted by Crippen LogP contribution is 2.34. The number of aromatic nitrogens is 2. The molecule has 0 fully saturated rings. The second-order valence-corrected chi connectivity index (χ2v) is 8.11. The first kappa shape index (κ1) is 21.7. The Morgan fingerprint density at radius 2 is 1.93 bits per heavy atom. The summed E-state index contributed by atoms with van der Waals surface area (Å²) >= 11 is 5.79. The van der Waals surface area contributed by atoms with Crippen molar-refractivity contribution in [2.75, 3.05) is 5.32 Å². The average molecular weight is 453 g/mol. The number of nitrogens with one attached hydrogen (secondary N) is 1. The SMILES string of the molecule is N[C@@H](CCC(=O)Nc1cc(Cl)cc(S(=O)(=O)O)c1O)c1nnc(-c2ccccc2)o1. The number of anilines is 1. The van der Waals surface area contributed by atoms with Crippen LogP contribution in [-0.4, -0.2) is 34.2 Å². The molecule has 1 amide bonds. The van der Waals surface area contributed by atoms with Crippen LogP contribution in [0.25, 0.3) is 11.5 Å². The van der Waals surface area contributed by atoms with E-state index in [0.717, 1.165) is 17.7 Å². The predicted molar refractivity (Wildman–Crippen MR) is 107 cm³/mol. The smallest absolute Gasteiger partial charge is 0.298 e. The van der Waals surface area contributed by atoms with Crippen molar-refractivity contribution in [3.05, 3.63) is 53.4 Å². The highest BCUT2D eigenvalue weighted by atomic mass is 35.5. The molecule has 1 atom stereocenters. The fourth-order valence-electron chi connectivity index (χ4n) is 2.57. The van der Waals surface area contributed by atoms with Gasteiger partial charge in [0, 0.05) is 17.0 Å². The number of nitrogens with two attached hydrogens (primary N) is 1. The maximum Gasteiger partial charge on any atom is 0.298 e. The molecule has 3 rings (SSSR count). The predicted octanol–water partition coefficient (Wildman–Crippen LogP) is 2.76. The summed E-state index contributed by atoms with van der Waals surface area (Å²) in [6.07, 6.45) is 0.0338. The van der Waals surface area contributed by atoms with E-state index in [2.05, 4.69) is 15.5 Å². The number of nitrogens with zero attached hydrogens (tertiary/aromatic N) is 2. The zero-order chi connectivity index (χ0) is 21.9. The van der Waals surface area contributed by atoms with Crippen molar-refractivity contribution in [3.8, 4) is 17.2 Å². The Balaban J connectivity index is 1.64. The van der Waals surface area contributed by atoms with Gasteiger partial charge in [0.1, 0.15) is 4.90 Å². The molecule has 5 N–H and O–H groups in total. The monoisotopic (exact) mass is 452 g/mol. The molecule has 0 unspecified atom stereocenters. The molecule has 30 heavy (non-hydrogen) atoms. The molecule has 0 aliphatic heterocycles. The van der Waals surface area contributed by atoms with Crippen LogP contribution in [0.2, 0.25) is 5.02 Å². The van der Waals surface area contributed by atoms with Crippen molar-refractivity contribution in [1.82, 2.24) is 10.2 Å². The summed E-state index contributed by atoms with van der Waals surface area (Å²) in [4.78, 5) is 11.4. The molecule has 0 spiro atoms. The standard InChI is InChI=1S/C18H17ClN4O6S/c19-11-8-13(16(25)14(9-11)30(26,27)28)21-15(24)7-6-12(20)18-23-22-17(29-18)10-4-2-1-3-5-10/h1-5,8-9,12,25H,6-7,20H2,(H,21,24)(H,26,27,28)/t12-/m0/s1. The molecule has 12 heteroatoms. The number of hydrogen-bond acceptors (Lipinski definition) is 8. The lowest BCUT2D eigenvalue weighted by Gasteiger charge is -2.11. The van der Waals surface area contributed by atoms with E-state index in [1.54, 1.807) is 12.1 Å². The fraction of sp³-hybridized carbons (Fsp3) is 0.167. The average Bonchev–Trinajstić information content (AvgIpc) is 3.19. The molecule has 0 aliphatic rings. The first-order valence-corrected chi connectivity index (χ1v) is 10.4. The Morgan fingerprint density at radius 3 is 2.60 bits per heavy atom. The largest absolute Gasteiger partial charge is 0.504 e. The van der Waals surface area contributed by atoms with E-state index in [4.69, 9.17) is 26.3 Å². The fourth-order valence-corrected chi connectivity index (χ4v) is 3.48. The minimum Gasteiger partial charge on any atom is -0.504 e. The van der Waals surface area contributed by atoms with Gasteiger partial charge in [-0.15, -0.1) is 10.2 Å². The van der Waals surface area contributed by atoms with E-state index in [-0.39, 0.29) is 29.4 Å². The van der Waals surface area contributed by atoms with E-state index < -0.39 is 32.7 Å². The quantitative estimate of drug-likeness (QED) is 0.311. The summed E-state index contributed by atoms with van der Waals surface area (Å²) in [5, 5.41) is 20.0. The number of carbonyl (C=O) groups is 1. The second-order valence-electron chi connectivity index (χ2n) is 6.28. The van der Waals surface area contributed by atoms with Gasteiger partial charge < -0.3 is 20.6 Å². The molecule has 0 saturated carbocycles. The maximum atomic E-state index is 12.2. The van der Waals surface area contributed by atoms with Crippen molar-refractivity contribution in [1.29, 1.82) is 0 Å². The summed E-state index contributed by atoms with van der Waals surface area (Å²) < 4.78 is 37.3. The van der Waals surface area contributed by atoms with Crippen LogP contribution in [0, 0.1) is 0 Å². The first-order valence-electron chi connectivity index (χ1n) is 8.59. The van der Waals surface area contributed by atoms with Crippen LogP contribution in [0.1, 0.15) is 24.8 Å². The van der Waals surface area contributed by atoms with Gasteiger partial charge in [-0.05, 0) is 30.7 Å². The van der Waals surface area contributed by atoms with Crippen LogP contribution < -0.4 is 11.1 Å². The van der Waals surface area contributed by atoms with Crippen molar-refractivity contribution < 1.29 is 27.3 Å². The number of aromatic hydroxyl groups is 1. The summed E-state index contributed by atoms with van der Waals surface area (Å²) in [5.74, 6) is -0.955. The van der Waals surface area contributed by atoms with E-state index in [1.807, 2.05) is 18.2 Å². The third kappa shape index (κ3) is 5.13. The van der Waals surface area contributed by atoms with Crippen LogP contribution in [0.3, 0.4) is 0 Å². The number of phenols is 1. The normalized spacial score (nSPS) is 12.5. The molecule has 158 valence electrons. The number of rotatable bonds is 7. The van der Waals surface area contributed by atoms with E-state index in [0.29, 0.717) is 5.89 Å². The molecule has 0 saturated heterocycles. The molecule has 0 aliphatic carbocycles. The number of carbonyl (C=O) groups excluding carboxylic acids is 1. The van der Waals surface area contributed by atoms with Crippen molar-refractivity contribution in [2.24, 2.45) is 5.73 Å². The summed E-state index contributed by atoms with van der Waals surface area (Å²) in [7, 11) is -4.73. The second kappa shape index (κ2) is 8.79. The molecule has 0 radical (unpaired) electrons. The topological polar surface area (TPSA) is 169 Å². The number of amides is 1. The third-order valence-corrected chi connectivity index (χ3v) is 5.14. The summed E-state index contributed by atoms with van der Waals surface area (Å²) in [5.41, 5.74) is 6.47. The highest BCUT2D eigenvalue weighted by molar-refractivity contribution is 7.86. The van der Waals surface area contributed by atoms with Gasteiger partial charge in [0.25, 0.3) is 10.1 Å².